The van der Waals surface area contributed by atoms with E-state index in [0.29, 0.717) is 17.9 Å². The average Bonchev–Trinajstić information content (AvgIpc) is 2.47. The Morgan fingerprint density at radius 1 is 1.15 bits per heavy atom. The van der Waals surface area contributed by atoms with Gasteiger partial charge in [0.05, 0.1) is 17.7 Å². The second-order valence-corrected chi connectivity index (χ2v) is 4.26. The summed E-state index contributed by atoms with van der Waals surface area (Å²) in [6.07, 6.45) is 0.0370. The number of halogens is 1. The maximum atomic E-state index is 12.3. The van der Waals surface area contributed by atoms with Crippen LogP contribution < -0.4 is 4.74 Å². The highest BCUT2D eigenvalue weighted by Crippen LogP contribution is 2.25. The predicted molar refractivity (Wildman–Crippen MR) is 73.5 cm³/mol. The molecule has 2 rings (SSSR count). The van der Waals surface area contributed by atoms with Crippen LogP contribution in [0.25, 0.3) is 0 Å². The number of nitro benzene ring substituents is 1. The molecule has 0 aromatic heterocycles. The zero-order valence-electron chi connectivity index (χ0n) is 10.8. The molecule has 5 heteroatoms. The van der Waals surface area contributed by atoms with E-state index in [0.717, 1.165) is 5.56 Å². The van der Waals surface area contributed by atoms with Crippen molar-refractivity contribution in [3.05, 3.63) is 69.8 Å². The van der Waals surface area contributed by atoms with Gasteiger partial charge in [-0.1, -0.05) is 30.3 Å². The minimum Gasteiger partial charge on any atom is -0.489 e. The molecule has 0 saturated carbocycles. The zero-order chi connectivity index (χ0) is 14.4. The number of benzene rings is 2. The van der Waals surface area contributed by atoms with Gasteiger partial charge in [0, 0.05) is 12.0 Å². The molecule has 0 fully saturated rings. The number of hydrogen-bond acceptors (Lipinski definition) is 3. The number of nitrogens with zero attached hydrogens (tertiary/aromatic N) is 1. The summed E-state index contributed by atoms with van der Waals surface area (Å²) in [4.78, 5) is 10.4. The van der Waals surface area contributed by atoms with Crippen molar-refractivity contribution in [3.8, 4) is 5.75 Å². The molecule has 0 heterocycles. The summed E-state index contributed by atoms with van der Waals surface area (Å²) < 4.78 is 17.9. The SMILES string of the molecule is O=[N+]([O-])c1cc(OCc2ccccc2)ccc1CCF. The number of ether oxygens (including phenoxy) is 1. The van der Waals surface area contributed by atoms with E-state index in [9.17, 15) is 14.5 Å². The molecule has 0 amide bonds. The van der Waals surface area contributed by atoms with E-state index in [1.807, 2.05) is 30.3 Å². The van der Waals surface area contributed by atoms with Crippen LogP contribution in [-0.2, 0) is 13.0 Å². The molecule has 0 radical (unpaired) electrons. The molecule has 0 aliphatic rings. The third-order valence-corrected chi connectivity index (χ3v) is 2.87. The van der Waals surface area contributed by atoms with Crippen molar-refractivity contribution in [1.82, 2.24) is 0 Å². The Hall–Kier alpha value is -2.43. The van der Waals surface area contributed by atoms with Crippen LogP contribution in [0.15, 0.2) is 48.5 Å². The van der Waals surface area contributed by atoms with Gasteiger partial charge in [0.25, 0.3) is 5.69 Å². The van der Waals surface area contributed by atoms with Crippen molar-refractivity contribution in [2.24, 2.45) is 0 Å². The number of hydrogen-bond donors (Lipinski definition) is 0. The lowest BCUT2D eigenvalue weighted by Gasteiger charge is -2.07. The molecule has 0 aliphatic heterocycles. The Kier molecular flexibility index (Phi) is 4.65. The van der Waals surface area contributed by atoms with Crippen molar-refractivity contribution in [3.63, 3.8) is 0 Å². The van der Waals surface area contributed by atoms with Gasteiger partial charge in [0.2, 0.25) is 0 Å². The molecule has 20 heavy (non-hydrogen) atoms. The fourth-order valence-electron chi connectivity index (χ4n) is 1.86. The summed E-state index contributed by atoms with van der Waals surface area (Å²) in [6, 6.07) is 14.0. The standard InChI is InChI=1S/C15H14FNO3/c16-9-8-13-6-7-14(10-15(13)17(18)19)20-11-12-4-2-1-3-5-12/h1-7,10H,8-9,11H2. The zero-order valence-corrected chi connectivity index (χ0v) is 10.8. The highest BCUT2D eigenvalue weighted by molar-refractivity contribution is 5.46. The van der Waals surface area contributed by atoms with Crippen LogP contribution in [0.2, 0.25) is 0 Å². The largest absolute Gasteiger partial charge is 0.489 e. The highest BCUT2D eigenvalue weighted by atomic mass is 19.1. The van der Waals surface area contributed by atoms with Gasteiger partial charge >= 0.3 is 0 Å². The molecule has 104 valence electrons. The van der Waals surface area contributed by atoms with Crippen LogP contribution in [0.1, 0.15) is 11.1 Å². The van der Waals surface area contributed by atoms with E-state index in [-0.39, 0.29) is 12.1 Å². The first-order valence-corrected chi connectivity index (χ1v) is 6.20. The Bertz CT molecular complexity index is 587. The first-order chi connectivity index (χ1) is 9.70. The number of rotatable bonds is 6. The second-order valence-electron chi connectivity index (χ2n) is 4.26. The molecular weight excluding hydrogens is 261 g/mol. The highest BCUT2D eigenvalue weighted by Gasteiger charge is 2.14. The van der Waals surface area contributed by atoms with Gasteiger partial charge in [-0.15, -0.1) is 0 Å². The van der Waals surface area contributed by atoms with Crippen molar-refractivity contribution in [2.45, 2.75) is 13.0 Å². The van der Waals surface area contributed by atoms with E-state index in [4.69, 9.17) is 4.74 Å². The molecule has 0 spiro atoms. The molecule has 0 N–H and O–H groups in total. The van der Waals surface area contributed by atoms with Gasteiger partial charge in [-0.05, 0) is 17.7 Å². The lowest BCUT2D eigenvalue weighted by atomic mass is 10.1. The quantitative estimate of drug-likeness (QED) is 0.596. The molecule has 2 aromatic rings. The second kappa shape index (κ2) is 6.65. The van der Waals surface area contributed by atoms with Gasteiger partial charge in [-0.25, -0.2) is 0 Å². The Morgan fingerprint density at radius 3 is 2.55 bits per heavy atom. The van der Waals surface area contributed by atoms with Crippen LogP contribution in [0.4, 0.5) is 10.1 Å². The molecule has 0 atom stereocenters. The van der Waals surface area contributed by atoms with Gasteiger partial charge in [0.15, 0.2) is 0 Å². The van der Waals surface area contributed by atoms with Crippen LogP contribution in [0.5, 0.6) is 5.75 Å². The Labute approximate surface area is 116 Å². The van der Waals surface area contributed by atoms with Crippen molar-refractivity contribution >= 4 is 5.69 Å². The van der Waals surface area contributed by atoms with Crippen LogP contribution >= 0.6 is 0 Å². The van der Waals surface area contributed by atoms with E-state index in [1.54, 1.807) is 6.07 Å². The lowest BCUT2D eigenvalue weighted by Crippen LogP contribution is -1.99. The molecule has 0 saturated heterocycles. The summed E-state index contributed by atoms with van der Waals surface area (Å²) >= 11 is 0. The molecule has 0 unspecified atom stereocenters. The minimum absolute atomic E-state index is 0.0370. The number of alkyl halides is 1. The predicted octanol–water partition coefficient (Wildman–Crippen LogP) is 3.69. The van der Waals surface area contributed by atoms with Gasteiger partial charge < -0.3 is 4.74 Å². The van der Waals surface area contributed by atoms with Crippen LogP contribution in [0, 0.1) is 10.1 Å². The molecule has 0 aliphatic carbocycles. The van der Waals surface area contributed by atoms with Crippen molar-refractivity contribution in [2.75, 3.05) is 6.67 Å². The third-order valence-electron chi connectivity index (χ3n) is 2.87. The van der Waals surface area contributed by atoms with E-state index >= 15 is 0 Å². The average molecular weight is 275 g/mol. The Balaban J connectivity index is 2.13. The summed E-state index contributed by atoms with van der Waals surface area (Å²) in [6.45, 7) is -0.286. The van der Waals surface area contributed by atoms with Crippen LogP contribution in [0.3, 0.4) is 0 Å². The van der Waals surface area contributed by atoms with E-state index in [2.05, 4.69) is 0 Å². The smallest absolute Gasteiger partial charge is 0.276 e. The van der Waals surface area contributed by atoms with Gasteiger partial charge in [0.1, 0.15) is 12.4 Å². The van der Waals surface area contributed by atoms with Crippen LogP contribution in [-0.4, -0.2) is 11.6 Å². The molecular formula is C15H14FNO3. The maximum Gasteiger partial charge on any atom is 0.276 e. The lowest BCUT2D eigenvalue weighted by molar-refractivity contribution is -0.385. The molecule has 2 aromatic carbocycles. The molecule has 0 bridgehead atoms. The third kappa shape index (κ3) is 3.54. The first-order valence-electron chi connectivity index (χ1n) is 6.20. The molecule has 4 nitrogen and oxygen atoms in total. The maximum absolute atomic E-state index is 12.3. The fourth-order valence-corrected chi connectivity index (χ4v) is 1.86. The van der Waals surface area contributed by atoms with Crippen molar-refractivity contribution in [1.29, 1.82) is 0 Å². The fraction of sp³-hybridized carbons (Fsp3) is 0.200. The van der Waals surface area contributed by atoms with Crippen molar-refractivity contribution < 1.29 is 14.1 Å². The van der Waals surface area contributed by atoms with Gasteiger partial charge in [-0.3, -0.25) is 14.5 Å². The first kappa shape index (κ1) is 14.0. The van der Waals surface area contributed by atoms with E-state index < -0.39 is 11.6 Å². The Morgan fingerprint density at radius 2 is 1.90 bits per heavy atom. The minimum atomic E-state index is -0.620. The summed E-state index contributed by atoms with van der Waals surface area (Å²) in [5.74, 6) is 0.406. The summed E-state index contributed by atoms with van der Waals surface area (Å²) in [7, 11) is 0. The number of aryl methyl sites for hydroxylation is 1. The monoisotopic (exact) mass is 275 g/mol. The van der Waals surface area contributed by atoms with E-state index in [1.165, 1.54) is 12.1 Å². The normalized spacial score (nSPS) is 10.2. The number of nitro groups is 1. The topological polar surface area (TPSA) is 52.4 Å². The van der Waals surface area contributed by atoms with Gasteiger partial charge in [-0.2, -0.15) is 0 Å². The summed E-state index contributed by atoms with van der Waals surface area (Å²) in [5.41, 5.74) is 1.25. The summed E-state index contributed by atoms with van der Waals surface area (Å²) in [5, 5.41) is 11.0.